The third-order valence-electron chi connectivity index (χ3n) is 1.14. The van der Waals surface area contributed by atoms with E-state index in [1.54, 1.807) is 0 Å². The zero-order chi connectivity index (χ0) is 4.69. The maximum absolute atomic E-state index is 5.40. The van der Waals surface area contributed by atoms with Gasteiger partial charge in [-0.05, 0) is 0 Å². The summed E-state index contributed by atoms with van der Waals surface area (Å²) >= 11 is 3.90. The molecule has 2 heterocycles. The Labute approximate surface area is 51.2 Å². The molecule has 0 aromatic rings. The van der Waals surface area contributed by atoms with Gasteiger partial charge in [-0.1, -0.05) is 0 Å². The Kier molecular flexibility index (Phi) is 1.02. The van der Waals surface area contributed by atoms with Crippen molar-refractivity contribution in [2.75, 3.05) is 11.5 Å². The van der Waals surface area contributed by atoms with E-state index in [0.29, 0.717) is 10.9 Å². The van der Waals surface area contributed by atoms with E-state index in [2.05, 4.69) is 0 Å². The molecule has 0 radical (unpaired) electrons. The molecule has 0 spiro atoms. The van der Waals surface area contributed by atoms with E-state index >= 15 is 0 Å². The van der Waals surface area contributed by atoms with E-state index in [9.17, 15) is 0 Å². The lowest BCUT2D eigenvalue weighted by Gasteiger charge is -2.00. The van der Waals surface area contributed by atoms with Gasteiger partial charge >= 0.3 is 0 Å². The van der Waals surface area contributed by atoms with Crippen LogP contribution >= 0.6 is 23.5 Å². The van der Waals surface area contributed by atoms with Crippen LogP contribution in [0.3, 0.4) is 0 Å². The van der Waals surface area contributed by atoms with Crippen molar-refractivity contribution in [1.29, 1.82) is 0 Å². The number of hydrogen-bond acceptors (Lipinski definition) is 3. The Balaban J connectivity index is 2.12. The second-order valence-corrected chi connectivity index (χ2v) is 4.05. The van der Waals surface area contributed by atoms with Crippen LogP contribution in [0.5, 0.6) is 0 Å². The zero-order valence-corrected chi connectivity index (χ0v) is 5.43. The van der Waals surface area contributed by atoms with Gasteiger partial charge in [0, 0.05) is 11.5 Å². The molecule has 2 aliphatic rings. The van der Waals surface area contributed by atoms with Gasteiger partial charge in [-0.15, -0.1) is 23.5 Å². The molecule has 0 amide bonds. The normalized spacial score (nSPS) is 48.0. The van der Waals surface area contributed by atoms with Crippen LogP contribution in [0, 0.1) is 0 Å². The Morgan fingerprint density at radius 1 is 1.14 bits per heavy atom. The first kappa shape index (κ1) is 4.53. The van der Waals surface area contributed by atoms with Crippen LogP contribution in [0.1, 0.15) is 0 Å². The molecule has 2 rings (SSSR count). The quantitative estimate of drug-likeness (QED) is 0.492. The Bertz CT molecular complexity index is 67.8. The van der Waals surface area contributed by atoms with Crippen LogP contribution in [0.2, 0.25) is 0 Å². The molecular weight excluding hydrogens is 128 g/mol. The van der Waals surface area contributed by atoms with Crippen molar-refractivity contribution in [3.05, 3.63) is 0 Å². The topological polar surface area (TPSA) is 9.23 Å². The average molecular weight is 134 g/mol. The van der Waals surface area contributed by atoms with Gasteiger partial charge in [0.25, 0.3) is 0 Å². The third kappa shape index (κ3) is 0.673. The van der Waals surface area contributed by atoms with Crippen LogP contribution in [0.4, 0.5) is 0 Å². The van der Waals surface area contributed by atoms with Crippen molar-refractivity contribution >= 4 is 23.5 Å². The molecule has 40 valence electrons. The third-order valence-corrected chi connectivity index (χ3v) is 3.85. The van der Waals surface area contributed by atoms with Crippen LogP contribution < -0.4 is 0 Å². The number of rotatable bonds is 0. The van der Waals surface area contributed by atoms with E-state index in [4.69, 9.17) is 4.74 Å². The Morgan fingerprint density at radius 2 is 1.71 bits per heavy atom. The van der Waals surface area contributed by atoms with Crippen molar-refractivity contribution in [2.24, 2.45) is 0 Å². The monoisotopic (exact) mass is 134 g/mol. The van der Waals surface area contributed by atoms with Crippen molar-refractivity contribution < 1.29 is 4.74 Å². The number of ether oxygens (including phenoxy) is 1. The van der Waals surface area contributed by atoms with Gasteiger partial charge in [0.1, 0.15) is 10.9 Å². The highest BCUT2D eigenvalue weighted by Crippen LogP contribution is 2.40. The summed E-state index contributed by atoms with van der Waals surface area (Å²) in [7, 11) is 0. The van der Waals surface area contributed by atoms with E-state index in [1.165, 1.54) is 11.5 Å². The van der Waals surface area contributed by atoms with Crippen LogP contribution in [0.15, 0.2) is 0 Å². The highest BCUT2D eigenvalue weighted by molar-refractivity contribution is 8.07. The largest absolute Gasteiger partial charge is 0.352 e. The summed E-state index contributed by atoms with van der Waals surface area (Å²) in [5.74, 6) is 2.44. The van der Waals surface area contributed by atoms with Crippen molar-refractivity contribution in [2.45, 2.75) is 10.9 Å². The lowest BCUT2D eigenvalue weighted by molar-refractivity contribution is 0.152. The highest BCUT2D eigenvalue weighted by atomic mass is 32.2. The lowest BCUT2D eigenvalue weighted by Crippen LogP contribution is -1.97. The van der Waals surface area contributed by atoms with Gasteiger partial charge in [0.2, 0.25) is 0 Å². The van der Waals surface area contributed by atoms with E-state index in [-0.39, 0.29) is 0 Å². The first-order chi connectivity index (χ1) is 3.45. The van der Waals surface area contributed by atoms with Crippen LogP contribution in [-0.4, -0.2) is 22.4 Å². The smallest absolute Gasteiger partial charge is 0.114 e. The van der Waals surface area contributed by atoms with E-state index in [0.717, 1.165) is 0 Å². The van der Waals surface area contributed by atoms with Crippen LogP contribution in [0.25, 0.3) is 0 Å². The molecule has 0 aromatic carbocycles. The van der Waals surface area contributed by atoms with Crippen molar-refractivity contribution in [3.8, 4) is 0 Å². The minimum Gasteiger partial charge on any atom is -0.352 e. The fourth-order valence-electron chi connectivity index (χ4n) is 0.794. The number of fused-ring (bicyclic) bond motifs is 2. The highest BCUT2D eigenvalue weighted by Gasteiger charge is 2.33. The molecule has 0 N–H and O–H groups in total. The van der Waals surface area contributed by atoms with Gasteiger partial charge < -0.3 is 4.74 Å². The summed E-state index contributed by atoms with van der Waals surface area (Å²) in [6, 6.07) is 0. The molecule has 2 saturated heterocycles. The molecule has 0 saturated carbocycles. The SMILES string of the molecule is C1SC2CSC1O2. The first-order valence-corrected chi connectivity index (χ1v) is 4.43. The minimum atomic E-state index is 0.551. The predicted octanol–water partition coefficient (Wildman–Crippen LogP) is 1.15. The lowest BCUT2D eigenvalue weighted by atomic mass is 10.8. The molecule has 0 aromatic heterocycles. The van der Waals surface area contributed by atoms with Gasteiger partial charge in [-0.2, -0.15) is 0 Å². The predicted molar refractivity (Wildman–Crippen MR) is 33.6 cm³/mol. The Hall–Kier alpha value is 0.660. The van der Waals surface area contributed by atoms with Gasteiger partial charge in [0.05, 0.1) is 0 Å². The molecular formula is C4H6OS2. The summed E-state index contributed by atoms with van der Waals surface area (Å²) in [6.07, 6.45) is 0. The molecule has 7 heavy (non-hydrogen) atoms. The Morgan fingerprint density at radius 3 is 1.86 bits per heavy atom. The molecule has 2 bridgehead atoms. The maximum Gasteiger partial charge on any atom is 0.114 e. The van der Waals surface area contributed by atoms with Crippen molar-refractivity contribution in [1.82, 2.24) is 0 Å². The molecule has 2 unspecified atom stereocenters. The summed E-state index contributed by atoms with van der Waals surface area (Å²) in [6.45, 7) is 0. The molecule has 2 aliphatic heterocycles. The number of hydrogen-bond donors (Lipinski definition) is 0. The second-order valence-electron chi connectivity index (χ2n) is 1.66. The molecule has 0 aliphatic carbocycles. The van der Waals surface area contributed by atoms with Gasteiger partial charge in [0.15, 0.2) is 0 Å². The van der Waals surface area contributed by atoms with Crippen molar-refractivity contribution in [3.63, 3.8) is 0 Å². The summed E-state index contributed by atoms with van der Waals surface area (Å²) in [5, 5.41) is 0. The molecule has 2 fully saturated rings. The van der Waals surface area contributed by atoms with E-state index < -0.39 is 0 Å². The first-order valence-electron chi connectivity index (χ1n) is 2.34. The zero-order valence-electron chi connectivity index (χ0n) is 3.79. The molecule has 3 heteroatoms. The van der Waals surface area contributed by atoms with Gasteiger partial charge in [-0.25, -0.2) is 0 Å². The summed E-state index contributed by atoms with van der Waals surface area (Å²) in [4.78, 5) is 0. The maximum atomic E-state index is 5.40. The van der Waals surface area contributed by atoms with E-state index in [1.807, 2.05) is 23.5 Å². The summed E-state index contributed by atoms with van der Waals surface area (Å²) in [5.41, 5.74) is 1.10. The average Bonchev–Trinajstić information content (AvgIpc) is 2.22. The van der Waals surface area contributed by atoms with Gasteiger partial charge in [-0.3, -0.25) is 0 Å². The van der Waals surface area contributed by atoms with Crippen LogP contribution in [-0.2, 0) is 4.74 Å². The fourth-order valence-corrected chi connectivity index (χ4v) is 3.43. The molecule has 1 nitrogen and oxygen atoms in total. The molecule has 2 atom stereocenters. The number of thioether (sulfide) groups is 2. The summed E-state index contributed by atoms with van der Waals surface area (Å²) < 4.78 is 5.40. The standard InChI is InChI=1S/C4H6OS2/c1-3-5-4(6-1)2-7-3/h3-4H,1-2H2. The minimum absolute atomic E-state index is 0.551. The fraction of sp³-hybridized carbons (Fsp3) is 1.00. The second kappa shape index (κ2) is 1.57.